The largest absolute Gasteiger partial charge is 0.379 e. The lowest BCUT2D eigenvalue weighted by molar-refractivity contribution is -0.121. The maximum Gasteiger partial charge on any atom is 0.221 e. The third-order valence-electron chi connectivity index (χ3n) is 3.95. The van der Waals surface area contributed by atoms with E-state index in [-0.39, 0.29) is 18.0 Å². The molecule has 5 nitrogen and oxygen atoms in total. The Kier molecular flexibility index (Phi) is 6.36. The SMILES string of the molecule is Cc1ccc(C(CNC(=O)CC(C)N)N2CCOCC2)cc1. The van der Waals surface area contributed by atoms with Gasteiger partial charge in [0.05, 0.1) is 19.3 Å². The summed E-state index contributed by atoms with van der Waals surface area (Å²) in [6, 6.07) is 8.60. The van der Waals surface area contributed by atoms with E-state index in [1.54, 1.807) is 0 Å². The molecule has 2 rings (SSSR count). The summed E-state index contributed by atoms with van der Waals surface area (Å²) in [6.07, 6.45) is 0.365. The van der Waals surface area contributed by atoms with Crippen LogP contribution in [0.25, 0.3) is 0 Å². The highest BCUT2D eigenvalue weighted by Gasteiger charge is 2.23. The highest BCUT2D eigenvalue weighted by molar-refractivity contribution is 5.76. The number of hydrogen-bond donors (Lipinski definition) is 2. The van der Waals surface area contributed by atoms with E-state index in [9.17, 15) is 4.79 Å². The Balaban J connectivity index is 2.04. The summed E-state index contributed by atoms with van der Waals surface area (Å²) in [5.41, 5.74) is 8.15. The average Bonchev–Trinajstić information content (AvgIpc) is 2.49. The van der Waals surface area contributed by atoms with Crippen molar-refractivity contribution in [1.82, 2.24) is 10.2 Å². The van der Waals surface area contributed by atoms with Gasteiger partial charge >= 0.3 is 0 Å². The standard InChI is InChI=1S/C17H27N3O2/c1-13-3-5-15(6-4-13)16(20-7-9-22-10-8-20)12-19-17(21)11-14(2)18/h3-6,14,16H,7-12,18H2,1-2H3,(H,19,21). The second-order valence-corrected chi connectivity index (χ2v) is 6.06. The molecule has 1 aliphatic heterocycles. The van der Waals surface area contributed by atoms with E-state index < -0.39 is 0 Å². The lowest BCUT2D eigenvalue weighted by Crippen LogP contribution is -2.44. The van der Waals surface area contributed by atoms with Crippen molar-refractivity contribution in [2.75, 3.05) is 32.8 Å². The molecule has 1 saturated heterocycles. The number of hydrogen-bond acceptors (Lipinski definition) is 4. The van der Waals surface area contributed by atoms with Crippen LogP contribution in [-0.2, 0) is 9.53 Å². The minimum absolute atomic E-state index is 0.0142. The molecule has 1 aliphatic rings. The number of nitrogens with two attached hydrogens (primary N) is 1. The van der Waals surface area contributed by atoms with E-state index in [4.69, 9.17) is 10.5 Å². The van der Waals surface area contributed by atoms with E-state index in [2.05, 4.69) is 41.4 Å². The van der Waals surface area contributed by atoms with Crippen molar-refractivity contribution in [2.45, 2.75) is 32.4 Å². The molecule has 3 N–H and O–H groups in total. The zero-order chi connectivity index (χ0) is 15.9. The minimum Gasteiger partial charge on any atom is -0.379 e. The van der Waals surface area contributed by atoms with E-state index >= 15 is 0 Å². The lowest BCUT2D eigenvalue weighted by Gasteiger charge is -2.35. The zero-order valence-corrected chi connectivity index (χ0v) is 13.5. The Labute approximate surface area is 132 Å². The smallest absolute Gasteiger partial charge is 0.221 e. The van der Waals surface area contributed by atoms with Crippen LogP contribution in [-0.4, -0.2) is 49.7 Å². The monoisotopic (exact) mass is 305 g/mol. The molecular weight excluding hydrogens is 278 g/mol. The fraction of sp³-hybridized carbons (Fsp3) is 0.588. The van der Waals surface area contributed by atoms with Crippen LogP contribution in [0.2, 0.25) is 0 Å². The van der Waals surface area contributed by atoms with Crippen molar-refractivity contribution in [3.8, 4) is 0 Å². The summed E-state index contributed by atoms with van der Waals surface area (Å²) in [5.74, 6) is 0.0142. The fourth-order valence-corrected chi connectivity index (χ4v) is 2.71. The summed E-state index contributed by atoms with van der Waals surface area (Å²) in [5, 5.41) is 3.02. The van der Waals surface area contributed by atoms with Crippen LogP contribution in [0, 0.1) is 6.92 Å². The third-order valence-corrected chi connectivity index (χ3v) is 3.95. The Morgan fingerprint density at radius 3 is 2.55 bits per heavy atom. The summed E-state index contributed by atoms with van der Waals surface area (Å²) in [7, 11) is 0. The van der Waals surface area contributed by atoms with Crippen LogP contribution in [0.4, 0.5) is 0 Å². The Morgan fingerprint density at radius 2 is 1.95 bits per heavy atom. The predicted octanol–water partition coefficient (Wildman–Crippen LogP) is 1.22. The van der Waals surface area contributed by atoms with Crippen LogP contribution in [0.5, 0.6) is 0 Å². The molecule has 0 aromatic heterocycles. The van der Waals surface area contributed by atoms with Crippen molar-refractivity contribution < 1.29 is 9.53 Å². The lowest BCUT2D eigenvalue weighted by atomic mass is 10.0. The Bertz CT molecular complexity index is 467. The van der Waals surface area contributed by atoms with Crippen LogP contribution >= 0.6 is 0 Å². The van der Waals surface area contributed by atoms with Crippen molar-refractivity contribution in [3.05, 3.63) is 35.4 Å². The Morgan fingerprint density at radius 1 is 1.32 bits per heavy atom. The minimum atomic E-state index is -0.110. The molecule has 0 aliphatic carbocycles. The van der Waals surface area contributed by atoms with Gasteiger partial charge in [-0.25, -0.2) is 0 Å². The first-order valence-corrected chi connectivity index (χ1v) is 7.97. The maximum atomic E-state index is 11.9. The molecule has 5 heteroatoms. The van der Waals surface area contributed by atoms with Crippen LogP contribution in [0.3, 0.4) is 0 Å². The summed E-state index contributed by atoms with van der Waals surface area (Å²) in [6.45, 7) is 7.81. The second-order valence-electron chi connectivity index (χ2n) is 6.06. The molecule has 1 aromatic carbocycles. The summed E-state index contributed by atoms with van der Waals surface area (Å²) < 4.78 is 5.44. The van der Waals surface area contributed by atoms with Gasteiger partial charge in [-0.15, -0.1) is 0 Å². The molecule has 0 radical (unpaired) electrons. The molecule has 1 aromatic rings. The van der Waals surface area contributed by atoms with Crippen molar-refractivity contribution >= 4 is 5.91 Å². The number of ether oxygens (including phenoxy) is 1. The van der Waals surface area contributed by atoms with Gasteiger partial charge in [-0.2, -0.15) is 0 Å². The number of nitrogens with one attached hydrogen (secondary N) is 1. The molecule has 22 heavy (non-hydrogen) atoms. The second kappa shape index (κ2) is 8.27. The number of aryl methyl sites for hydroxylation is 1. The van der Waals surface area contributed by atoms with Gasteiger partial charge in [0, 0.05) is 32.1 Å². The highest BCUT2D eigenvalue weighted by Crippen LogP contribution is 2.21. The van der Waals surface area contributed by atoms with Gasteiger partial charge in [-0.3, -0.25) is 9.69 Å². The van der Waals surface area contributed by atoms with Crippen LogP contribution in [0.1, 0.15) is 30.5 Å². The van der Waals surface area contributed by atoms with E-state index in [0.717, 1.165) is 26.3 Å². The number of carbonyl (C=O) groups excluding carboxylic acids is 1. The fourth-order valence-electron chi connectivity index (χ4n) is 2.71. The number of nitrogens with zero attached hydrogens (tertiary/aromatic N) is 1. The van der Waals surface area contributed by atoms with E-state index in [0.29, 0.717) is 13.0 Å². The van der Waals surface area contributed by atoms with Crippen molar-refractivity contribution in [1.29, 1.82) is 0 Å². The topological polar surface area (TPSA) is 67.6 Å². The van der Waals surface area contributed by atoms with Gasteiger partial charge in [0.25, 0.3) is 0 Å². The summed E-state index contributed by atoms with van der Waals surface area (Å²) >= 11 is 0. The van der Waals surface area contributed by atoms with Gasteiger partial charge < -0.3 is 15.8 Å². The first-order chi connectivity index (χ1) is 10.6. The molecular formula is C17H27N3O2. The van der Waals surface area contributed by atoms with Crippen LogP contribution in [0.15, 0.2) is 24.3 Å². The van der Waals surface area contributed by atoms with E-state index in [1.165, 1.54) is 11.1 Å². The molecule has 1 fully saturated rings. The number of rotatable bonds is 6. The molecule has 0 saturated carbocycles. The summed E-state index contributed by atoms with van der Waals surface area (Å²) in [4.78, 5) is 14.3. The molecule has 2 unspecified atom stereocenters. The first-order valence-electron chi connectivity index (χ1n) is 7.97. The van der Waals surface area contributed by atoms with Crippen LogP contribution < -0.4 is 11.1 Å². The van der Waals surface area contributed by atoms with Gasteiger partial charge in [0.15, 0.2) is 0 Å². The van der Waals surface area contributed by atoms with Gasteiger partial charge in [0.1, 0.15) is 0 Å². The third kappa shape index (κ3) is 5.09. The average molecular weight is 305 g/mol. The zero-order valence-electron chi connectivity index (χ0n) is 13.5. The van der Waals surface area contributed by atoms with Crippen molar-refractivity contribution in [2.24, 2.45) is 5.73 Å². The number of morpholine rings is 1. The van der Waals surface area contributed by atoms with E-state index in [1.807, 2.05) is 6.92 Å². The first kappa shape index (κ1) is 16.9. The molecule has 122 valence electrons. The quantitative estimate of drug-likeness (QED) is 0.829. The van der Waals surface area contributed by atoms with Crippen molar-refractivity contribution in [3.63, 3.8) is 0 Å². The molecule has 0 spiro atoms. The highest BCUT2D eigenvalue weighted by atomic mass is 16.5. The van der Waals surface area contributed by atoms with Gasteiger partial charge in [-0.1, -0.05) is 29.8 Å². The molecule has 1 amide bonds. The van der Waals surface area contributed by atoms with Gasteiger partial charge in [-0.05, 0) is 19.4 Å². The maximum absolute atomic E-state index is 11.9. The predicted molar refractivity (Wildman–Crippen MR) is 87.6 cm³/mol. The molecule has 0 bridgehead atoms. The number of amides is 1. The number of benzene rings is 1. The molecule has 1 heterocycles. The normalized spacial score (nSPS) is 18.7. The number of carbonyl (C=O) groups is 1. The van der Waals surface area contributed by atoms with Gasteiger partial charge in [0.2, 0.25) is 5.91 Å². The Hall–Kier alpha value is -1.43. The molecule has 2 atom stereocenters.